The first-order chi connectivity index (χ1) is 18.2. The average Bonchev–Trinajstić information content (AvgIpc) is 3.51. The van der Waals surface area contributed by atoms with Gasteiger partial charge in [-0.3, -0.25) is 19.2 Å². The van der Waals surface area contributed by atoms with Gasteiger partial charge in [-0.2, -0.15) is 0 Å². The Balaban J connectivity index is 1.30. The number of carbonyl (C=O) groups is 4. The molecule has 4 aromatic rings. The van der Waals surface area contributed by atoms with E-state index in [-0.39, 0.29) is 37.2 Å². The lowest BCUT2D eigenvalue weighted by molar-refractivity contribution is -0.137. The summed E-state index contributed by atoms with van der Waals surface area (Å²) in [4.78, 5) is 47.0. The lowest BCUT2D eigenvalue weighted by atomic mass is 10.1. The number of carboxylic acid groups (broad SMARTS) is 2. The number of hydrogen-bond donors (Lipinski definition) is 4. The highest BCUT2D eigenvalue weighted by atomic mass is 32.1. The fourth-order valence-electron chi connectivity index (χ4n) is 3.76. The summed E-state index contributed by atoms with van der Waals surface area (Å²) in [7, 11) is 0. The Morgan fingerprint density at radius 3 is 1.47 bits per heavy atom. The van der Waals surface area contributed by atoms with Crippen molar-refractivity contribution in [2.75, 3.05) is 0 Å². The standard InChI is InChI=1S/C27H24N2O6S3/c30-19(5-7-25(32)33)23-11-17-3-1-15(9-21(17)37-23)13-28-27(36)29-14-16-2-4-18-12-24(38-22(18)10-16)20(31)6-8-26(34)35/h1-4,9-12H,5-8,13-14H2,(H,32,33)(H,34,35)(H2,28,29,36). The second-order valence-corrected chi connectivity index (χ2v) is 11.2. The predicted octanol–water partition coefficient (Wildman–Crippen LogP) is 5.38. The molecular formula is C27H24N2O6S3. The zero-order valence-corrected chi connectivity index (χ0v) is 22.6. The first-order valence-electron chi connectivity index (χ1n) is 11.7. The number of thiophene rings is 2. The third-order valence-corrected chi connectivity index (χ3v) is 8.32. The molecule has 0 saturated carbocycles. The maximum atomic E-state index is 12.2. The van der Waals surface area contributed by atoms with E-state index in [1.165, 1.54) is 22.7 Å². The predicted molar refractivity (Wildman–Crippen MR) is 152 cm³/mol. The molecule has 196 valence electrons. The molecule has 0 unspecified atom stereocenters. The van der Waals surface area contributed by atoms with Crippen molar-refractivity contribution >= 4 is 83.7 Å². The summed E-state index contributed by atoms with van der Waals surface area (Å²) < 4.78 is 1.90. The third kappa shape index (κ3) is 7.21. The van der Waals surface area contributed by atoms with Gasteiger partial charge in [0, 0.05) is 35.3 Å². The number of nitrogens with one attached hydrogen (secondary N) is 2. The lowest BCUT2D eigenvalue weighted by Crippen LogP contribution is -2.34. The number of thiocarbonyl (C=S) groups is 1. The van der Waals surface area contributed by atoms with E-state index in [1.54, 1.807) is 12.1 Å². The van der Waals surface area contributed by atoms with Gasteiger partial charge in [-0.25, -0.2) is 0 Å². The molecule has 4 rings (SSSR count). The second kappa shape index (κ2) is 12.2. The van der Waals surface area contributed by atoms with Gasteiger partial charge in [-0.15, -0.1) is 22.7 Å². The Morgan fingerprint density at radius 2 is 1.08 bits per heavy atom. The van der Waals surface area contributed by atoms with Gasteiger partial charge in [0.2, 0.25) is 0 Å². The maximum Gasteiger partial charge on any atom is 0.303 e. The second-order valence-electron chi connectivity index (χ2n) is 8.64. The highest BCUT2D eigenvalue weighted by Crippen LogP contribution is 2.29. The Hall–Kier alpha value is -3.67. The minimum absolute atomic E-state index is 0.0119. The molecule has 0 aliphatic heterocycles. The van der Waals surface area contributed by atoms with E-state index in [9.17, 15) is 19.2 Å². The first-order valence-corrected chi connectivity index (χ1v) is 13.8. The highest BCUT2D eigenvalue weighted by Gasteiger charge is 2.14. The number of carbonyl (C=O) groups excluding carboxylic acids is 2. The van der Waals surface area contributed by atoms with Crippen LogP contribution in [0.1, 0.15) is 56.2 Å². The molecule has 0 aliphatic carbocycles. The van der Waals surface area contributed by atoms with Gasteiger partial charge >= 0.3 is 11.9 Å². The topological polar surface area (TPSA) is 133 Å². The van der Waals surface area contributed by atoms with Crippen molar-refractivity contribution in [2.45, 2.75) is 38.8 Å². The minimum atomic E-state index is -0.986. The fourth-order valence-corrected chi connectivity index (χ4v) is 6.09. The van der Waals surface area contributed by atoms with Crippen molar-refractivity contribution in [3.8, 4) is 0 Å². The average molecular weight is 569 g/mol. The summed E-state index contributed by atoms with van der Waals surface area (Å²) in [5.74, 6) is -2.30. The molecule has 0 fully saturated rings. The minimum Gasteiger partial charge on any atom is -0.481 e. The normalized spacial score (nSPS) is 10.9. The lowest BCUT2D eigenvalue weighted by Gasteiger charge is -2.11. The Kier molecular flexibility index (Phi) is 8.82. The van der Waals surface area contributed by atoms with E-state index in [1.807, 2.05) is 36.4 Å². The van der Waals surface area contributed by atoms with Gasteiger partial charge in [0.05, 0.1) is 22.6 Å². The molecule has 11 heteroatoms. The van der Waals surface area contributed by atoms with Crippen LogP contribution in [0.25, 0.3) is 20.2 Å². The van der Waals surface area contributed by atoms with Crippen molar-refractivity contribution in [3.05, 3.63) is 69.4 Å². The van der Waals surface area contributed by atoms with Gasteiger partial charge in [0.15, 0.2) is 16.7 Å². The summed E-state index contributed by atoms with van der Waals surface area (Å²) in [5.41, 5.74) is 1.99. The quantitative estimate of drug-likeness (QED) is 0.131. The molecular weight excluding hydrogens is 545 g/mol. The van der Waals surface area contributed by atoms with Crippen LogP contribution in [0, 0.1) is 0 Å². The van der Waals surface area contributed by atoms with E-state index in [0.29, 0.717) is 28.0 Å². The summed E-state index contributed by atoms with van der Waals surface area (Å²) in [6, 6.07) is 15.4. The highest BCUT2D eigenvalue weighted by molar-refractivity contribution is 7.80. The number of rotatable bonds is 12. The molecule has 2 aromatic heterocycles. The van der Waals surface area contributed by atoms with Gasteiger partial charge < -0.3 is 20.8 Å². The summed E-state index contributed by atoms with van der Waals surface area (Å²) >= 11 is 8.13. The smallest absolute Gasteiger partial charge is 0.303 e. The Bertz CT molecular complexity index is 1440. The zero-order valence-electron chi connectivity index (χ0n) is 20.1. The maximum absolute atomic E-state index is 12.2. The molecule has 8 nitrogen and oxygen atoms in total. The Labute approximate surface area is 231 Å². The Morgan fingerprint density at radius 1 is 0.658 bits per heavy atom. The molecule has 0 atom stereocenters. The van der Waals surface area contributed by atoms with Crippen LogP contribution < -0.4 is 10.6 Å². The van der Waals surface area contributed by atoms with E-state index in [0.717, 1.165) is 31.3 Å². The molecule has 0 spiro atoms. The van der Waals surface area contributed by atoms with Crippen molar-refractivity contribution in [1.29, 1.82) is 0 Å². The van der Waals surface area contributed by atoms with Crippen LogP contribution in [0.15, 0.2) is 48.5 Å². The summed E-state index contributed by atoms with van der Waals surface area (Å²) in [6.07, 6.45) is -0.379. The van der Waals surface area contributed by atoms with E-state index < -0.39 is 11.9 Å². The van der Waals surface area contributed by atoms with Crippen LogP contribution in [0.3, 0.4) is 0 Å². The molecule has 0 radical (unpaired) electrons. The number of benzene rings is 2. The number of Topliss-reactive ketones (excluding diaryl/α,β-unsaturated/α-hetero) is 2. The first kappa shape index (κ1) is 27.4. The third-order valence-electron chi connectivity index (χ3n) is 5.76. The van der Waals surface area contributed by atoms with Crippen LogP contribution in [0.2, 0.25) is 0 Å². The zero-order chi connectivity index (χ0) is 27.2. The van der Waals surface area contributed by atoms with Gasteiger partial charge in [0.1, 0.15) is 0 Å². The number of carboxylic acids is 2. The molecule has 0 bridgehead atoms. The van der Waals surface area contributed by atoms with Crippen molar-refractivity contribution in [1.82, 2.24) is 10.6 Å². The fraction of sp³-hybridized carbons (Fsp3) is 0.222. The van der Waals surface area contributed by atoms with E-state index >= 15 is 0 Å². The molecule has 0 amide bonds. The van der Waals surface area contributed by atoms with Crippen LogP contribution in [-0.4, -0.2) is 38.8 Å². The largest absolute Gasteiger partial charge is 0.481 e. The van der Waals surface area contributed by atoms with Crippen molar-refractivity contribution in [2.24, 2.45) is 0 Å². The SMILES string of the molecule is O=C(O)CCC(=O)c1cc2ccc(CNC(=S)NCc3ccc4cc(C(=O)CCC(=O)O)sc4c3)cc2s1. The van der Waals surface area contributed by atoms with Gasteiger partial charge in [-0.1, -0.05) is 24.3 Å². The molecule has 2 heterocycles. The van der Waals surface area contributed by atoms with Crippen molar-refractivity contribution < 1.29 is 29.4 Å². The van der Waals surface area contributed by atoms with Crippen LogP contribution in [-0.2, 0) is 22.7 Å². The van der Waals surface area contributed by atoms with Crippen LogP contribution >= 0.6 is 34.9 Å². The summed E-state index contributed by atoms with van der Waals surface area (Å²) in [6.45, 7) is 0.988. The van der Waals surface area contributed by atoms with Gasteiger partial charge in [-0.05, 0) is 58.4 Å². The van der Waals surface area contributed by atoms with Crippen LogP contribution in [0.4, 0.5) is 0 Å². The molecule has 2 aromatic carbocycles. The number of aliphatic carboxylic acids is 2. The molecule has 0 saturated heterocycles. The number of fused-ring (bicyclic) bond motifs is 2. The van der Waals surface area contributed by atoms with E-state index in [4.69, 9.17) is 22.4 Å². The number of hydrogen-bond acceptors (Lipinski definition) is 7. The monoisotopic (exact) mass is 568 g/mol. The number of ketones is 2. The molecule has 0 aliphatic rings. The van der Waals surface area contributed by atoms with E-state index in [2.05, 4.69) is 10.6 Å². The van der Waals surface area contributed by atoms with Crippen molar-refractivity contribution in [3.63, 3.8) is 0 Å². The summed E-state index contributed by atoms with van der Waals surface area (Å²) in [5, 5.41) is 26.3. The molecule has 4 N–H and O–H groups in total. The molecule has 38 heavy (non-hydrogen) atoms. The van der Waals surface area contributed by atoms with Crippen LogP contribution in [0.5, 0.6) is 0 Å². The van der Waals surface area contributed by atoms with Gasteiger partial charge in [0.25, 0.3) is 0 Å².